The summed E-state index contributed by atoms with van der Waals surface area (Å²) in [6.45, 7) is 0. The van der Waals surface area contributed by atoms with Crippen LogP contribution in [0.25, 0.3) is 16.7 Å². The van der Waals surface area contributed by atoms with E-state index >= 15 is 0 Å². The second-order valence-corrected chi connectivity index (χ2v) is 4.04. The van der Waals surface area contributed by atoms with E-state index in [-0.39, 0.29) is 0 Å². The van der Waals surface area contributed by atoms with Gasteiger partial charge in [-0.25, -0.2) is 4.98 Å². The van der Waals surface area contributed by atoms with Gasteiger partial charge in [0.25, 0.3) is 0 Å². The lowest BCUT2D eigenvalue weighted by atomic mass is 10.2. The zero-order chi connectivity index (χ0) is 13.2. The molecule has 0 spiro atoms. The topological polar surface area (TPSA) is 64.8 Å². The van der Waals surface area contributed by atoms with Crippen molar-refractivity contribution in [1.29, 1.82) is 0 Å². The molecule has 0 N–H and O–H groups in total. The summed E-state index contributed by atoms with van der Waals surface area (Å²) in [5.74, 6) is 0. The summed E-state index contributed by atoms with van der Waals surface area (Å²) in [7, 11) is 0. The van der Waals surface area contributed by atoms with E-state index in [0.717, 1.165) is 23.0 Å². The van der Waals surface area contributed by atoms with Crippen molar-refractivity contribution in [2.45, 2.75) is 0 Å². The Labute approximate surface area is 108 Å². The largest absolute Gasteiger partial charge is 0.300 e. The van der Waals surface area contributed by atoms with Crippen molar-refractivity contribution in [3.8, 4) is 5.69 Å². The Morgan fingerprint density at radius 1 is 1.00 bits per heavy atom. The molecular formula is C14H9N3O2. The van der Waals surface area contributed by atoms with Crippen molar-refractivity contribution in [2.75, 3.05) is 0 Å². The fourth-order valence-corrected chi connectivity index (χ4v) is 1.92. The van der Waals surface area contributed by atoms with Crippen LogP contribution in [-0.2, 0) is 0 Å². The highest BCUT2D eigenvalue weighted by Crippen LogP contribution is 2.18. The smallest absolute Gasteiger partial charge is 0.168 e. The number of pyridine rings is 2. The van der Waals surface area contributed by atoms with Gasteiger partial charge in [0.1, 0.15) is 11.3 Å². The van der Waals surface area contributed by atoms with Gasteiger partial charge in [0.05, 0.1) is 11.9 Å². The lowest BCUT2D eigenvalue weighted by Gasteiger charge is -2.04. The fraction of sp³-hybridized carbons (Fsp3) is 0. The summed E-state index contributed by atoms with van der Waals surface area (Å²) < 4.78 is 1.85. The molecule has 0 aliphatic rings. The van der Waals surface area contributed by atoms with E-state index in [1.807, 2.05) is 16.8 Å². The fourth-order valence-electron chi connectivity index (χ4n) is 1.92. The molecule has 0 amide bonds. The van der Waals surface area contributed by atoms with E-state index in [1.54, 1.807) is 24.4 Å². The molecule has 0 saturated heterocycles. The van der Waals surface area contributed by atoms with Crippen LogP contribution in [0.4, 0.5) is 0 Å². The second kappa shape index (κ2) is 4.45. The molecule has 92 valence electrons. The highest BCUT2D eigenvalue weighted by atomic mass is 16.1. The molecule has 5 heteroatoms. The molecule has 0 saturated carbocycles. The molecule has 0 aliphatic carbocycles. The van der Waals surface area contributed by atoms with Crippen LogP contribution in [0.15, 0.2) is 42.9 Å². The minimum absolute atomic E-state index is 0.386. The summed E-state index contributed by atoms with van der Waals surface area (Å²) in [4.78, 5) is 29.6. The maximum absolute atomic E-state index is 10.7. The summed E-state index contributed by atoms with van der Waals surface area (Å²) in [6.07, 6.45) is 6.46. The minimum Gasteiger partial charge on any atom is -0.300 e. The Hall–Kier alpha value is -2.82. The van der Waals surface area contributed by atoms with Gasteiger partial charge in [-0.2, -0.15) is 0 Å². The summed E-state index contributed by atoms with van der Waals surface area (Å²) in [5.41, 5.74) is 2.48. The number of aromatic nitrogens is 3. The number of aldehydes is 2. The maximum atomic E-state index is 10.7. The van der Waals surface area contributed by atoms with Crippen LogP contribution >= 0.6 is 0 Å². The molecule has 0 unspecified atom stereocenters. The number of hydrogen-bond donors (Lipinski definition) is 0. The van der Waals surface area contributed by atoms with Crippen LogP contribution < -0.4 is 0 Å². The standard InChI is InChI=1S/C14H9N3O2/c18-8-10-5-11-3-4-17(14(11)16-6-10)13-2-1-12(9-19)15-7-13/h1-9H. The number of carbonyl (C=O) groups is 2. The van der Waals surface area contributed by atoms with Gasteiger partial charge in [-0.1, -0.05) is 0 Å². The van der Waals surface area contributed by atoms with Gasteiger partial charge in [-0.05, 0) is 24.3 Å². The summed E-state index contributed by atoms with van der Waals surface area (Å²) >= 11 is 0. The number of carbonyl (C=O) groups excluding carboxylic acids is 2. The van der Waals surface area contributed by atoms with Gasteiger partial charge in [0, 0.05) is 23.3 Å². The first-order chi connectivity index (χ1) is 9.31. The van der Waals surface area contributed by atoms with Crippen molar-refractivity contribution >= 4 is 23.6 Å². The molecule has 3 heterocycles. The van der Waals surface area contributed by atoms with Crippen LogP contribution in [0.1, 0.15) is 20.8 Å². The van der Waals surface area contributed by atoms with Crippen LogP contribution in [0.5, 0.6) is 0 Å². The third-order valence-corrected chi connectivity index (χ3v) is 2.85. The van der Waals surface area contributed by atoms with Gasteiger partial charge < -0.3 is 0 Å². The number of rotatable bonds is 3. The van der Waals surface area contributed by atoms with E-state index in [9.17, 15) is 9.59 Å². The molecule has 5 nitrogen and oxygen atoms in total. The molecule has 19 heavy (non-hydrogen) atoms. The molecule has 3 aromatic rings. The average Bonchev–Trinajstić information content (AvgIpc) is 2.90. The van der Waals surface area contributed by atoms with E-state index in [2.05, 4.69) is 9.97 Å². The quantitative estimate of drug-likeness (QED) is 0.668. The monoisotopic (exact) mass is 251 g/mol. The average molecular weight is 251 g/mol. The molecule has 3 rings (SSSR count). The third kappa shape index (κ3) is 1.91. The minimum atomic E-state index is 0.386. The van der Waals surface area contributed by atoms with Crippen LogP contribution in [-0.4, -0.2) is 27.1 Å². The SMILES string of the molecule is O=Cc1cnc2c(ccn2-c2ccc(C=O)nc2)c1. The van der Waals surface area contributed by atoms with Gasteiger partial charge in [-0.15, -0.1) is 0 Å². The Balaban J connectivity index is 2.13. The van der Waals surface area contributed by atoms with Crippen molar-refractivity contribution < 1.29 is 9.59 Å². The highest BCUT2D eigenvalue weighted by molar-refractivity contribution is 5.85. The van der Waals surface area contributed by atoms with E-state index in [0.29, 0.717) is 17.5 Å². The highest BCUT2D eigenvalue weighted by Gasteiger charge is 2.05. The number of fused-ring (bicyclic) bond motifs is 1. The normalized spacial score (nSPS) is 10.5. The predicted octanol–water partition coefficient (Wildman–Crippen LogP) is 2.05. The molecule has 0 fully saturated rings. The number of nitrogens with zero attached hydrogens (tertiary/aromatic N) is 3. The molecule has 0 radical (unpaired) electrons. The predicted molar refractivity (Wildman–Crippen MR) is 69.6 cm³/mol. The molecular weight excluding hydrogens is 242 g/mol. The Morgan fingerprint density at radius 3 is 2.58 bits per heavy atom. The first-order valence-corrected chi connectivity index (χ1v) is 5.66. The van der Waals surface area contributed by atoms with Crippen LogP contribution in [0.3, 0.4) is 0 Å². The maximum Gasteiger partial charge on any atom is 0.168 e. The second-order valence-electron chi connectivity index (χ2n) is 4.04. The molecule has 0 aliphatic heterocycles. The number of hydrogen-bond acceptors (Lipinski definition) is 4. The van der Waals surface area contributed by atoms with E-state index in [1.165, 1.54) is 6.20 Å². The Kier molecular flexibility index (Phi) is 2.64. The lowest BCUT2D eigenvalue weighted by molar-refractivity contribution is 0.111. The van der Waals surface area contributed by atoms with Crippen LogP contribution in [0, 0.1) is 0 Å². The van der Waals surface area contributed by atoms with E-state index in [4.69, 9.17) is 0 Å². The van der Waals surface area contributed by atoms with Crippen molar-refractivity contribution in [3.63, 3.8) is 0 Å². The zero-order valence-corrected chi connectivity index (χ0v) is 9.85. The van der Waals surface area contributed by atoms with Gasteiger partial charge in [-0.3, -0.25) is 19.1 Å². The van der Waals surface area contributed by atoms with Gasteiger partial charge in [0.15, 0.2) is 12.6 Å². The summed E-state index contributed by atoms with van der Waals surface area (Å²) in [6, 6.07) is 7.10. The van der Waals surface area contributed by atoms with Gasteiger partial charge in [0.2, 0.25) is 0 Å². The first-order valence-electron chi connectivity index (χ1n) is 5.66. The third-order valence-electron chi connectivity index (χ3n) is 2.85. The Morgan fingerprint density at radius 2 is 1.89 bits per heavy atom. The molecule has 0 atom stereocenters. The molecule has 0 bridgehead atoms. The molecule has 0 aromatic carbocycles. The molecule has 3 aromatic heterocycles. The van der Waals surface area contributed by atoms with Gasteiger partial charge >= 0.3 is 0 Å². The van der Waals surface area contributed by atoms with Crippen molar-refractivity contribution in [1.82, 2.24) is 14.5 Å². The first kappa shape index (κ1) is 11.3. The zero-order valence-electron chi connectivity index (χ0n) is 9.85. The van der Waals surface area contributed by atoms with E-state index < -0.39 is 0 Å². The van der Waals surface area contributed by atoms with Crippen LogP contribution in [0.2, 0.25) is 0 Å². The Bertz CT molecular complexity index is 760. The lowest BCUT2D eigenvalue weighted by Crippen LogP contribution is -1.96. The van der Waals surface area contributed by atoms with Crippen molar-refractivity contribution in [3.05, 3.63) is 54.1 Å². The van der Waals surface area contributed by atoms with Crippen molar-refractivity contribution in [2.24, 2.45) is 0 Å². The summed E-state index contributed by atoms with van der Waals surface area (Å²) in [5, 5.41) is 0.879.